The van der Waals surface area contributed by atoms with Crippen LogP contribution in [-0.2, 0) is 9.53 Å². The summed E-state index contributed by atoms with van der Waals surface area (Å²) in [6, 6.07) is 1.36. The molecule has 1 aromatic rings. The van der Waals surface area contributed by atoms with Crippen molar-refractivity contribution in [3.05, 3.63) is 32.6 Å². The summed E-state index contributed by atoms with van der Waals surface area (Å²) in [6.07, 6.45) is 0.135. The first-order valence-corrected chi connectivity index (χ1v) is 6.54. The first-order valence-electron chi connectivity index (χ1n) is 6.54. The third-order valence-corrected chi connectivity index (χ3v) is 3.17. The first kappa shape index (κ1) is 14.5. The fourth-order valence-corrected chi connectivity index (χ4v) is 2.04. The van der Waals surface area contributed by atoms with Crippen LogP contribution in [0.25, 0.3) is 0 Å². The van der Waals surface area contributed by atoms with Crippen LogP contribution in [0, 0.1) is 5.41 Å². The third-order valence-electron chi connectivity index (χ3n) is 3.17. The van der Waals surface area contributed by atoms with Gasteiger partial charge >= 0.3 is 11.7 Å². The van der Waals surface area contributed by atoms with E-state index in [1.54, 1.807) is 20.8 Å². The fraction of sp³-hybridized carbons (Fsp3) is 0.615. The molecule has 110 valence electrons. The molecule has 0 bridgehead atoms. The second-order valence-electron chi connectivity index (χ2n) is 6.03. The van der Waals surface area contributed by atoms with Gasteiger partial charge in [0.2, 0.25) is 0 Å². The Morgan fingerprint density at radius 1 is 1.30 bits per heavy atom. The molecule has 1 aliphatic heterocycles. The lowest BCUT2D eigenvalue weighted by Crippen LogP contribution is -2.33. The van der Waals surface area contributed by atoms with Crippen LogP contribution in [0.2, 0.25) is 0 Å². The molecule has 20 heavy (non-hydrogen) atoms. The topological polar surface area (TPSA) is 104 Å². The van der Waals surface area contributed by atoms with Crippen molar-refractivity contribution in [2.75, 3.05) is 6.54 Å². The zero-order valence-electron chi connectivity index (χ0n) is 11.8. The molecule has 2 unspecified atom stereocenters. The van der Waals surface area contributed by atoms with E-state index in [1.807, 2.05) is 0 Å². The summed E-state index contributed by atoms with van der Waals surface area (Å²) in [5.74, 6) is -0.335. The predicted molar refractivity (Wildman–Crippen MR) is 72.4 cm³/mol. The quantitative estimate of drug-likeness (QED) is 0.665. The molecule has 1 fully saturated rings. The largest absolute Gasteiger partial charge is 0.446 e. The van der Waals surface area contributed by atoms with Gasteiger partial charge in [-0.2, -0.15) is 0 Å². The molecule has 0 aliphatic carbocycles. The second kappa shape index (κ2) is 5.24. The predicted octanol–water partition coefficient (Wildman–Crippen LogP) is 0.0555. The van der Waals surface area contributed by atoms with Gasteiger partial charge in [-0.25, -0.2) is 4.79 Å². The van der Waals surface area contributed by atoms with E-state index in [-0.39, 0.29) is 11.9 Å². The smallest absolute Gasteiger partial charge is 0.325 e. The van der Waals surface area contributed by atoms with Gasteiger partial charge in [0.1, 0.15) is 0 Å². The van der Waals surface area contributed by atoms with E-state index in [0.29, 0.717) is 18.7 Å². The first-order chi connectivity index (χ1) is 9.25. The number of carbonyl (C=O) groups excluding carboxylic acids is 1. The highest BCUT2D eigenvalue weighted by Crippen LogP contribution is 2.25. The lowest BCUT2D eigenvalue weighted by molar-refractivity contribution is -0.159. The molecule has 3 N–H and O–H groups in total. The number of aromatic nitrogens is 2. The highest BCUT2D eigenvalue weighted by molar-refractivity contribution is 5.75. The zero-order chi connectivity index (χ0) is 14.9. The summed E-state index contributed by atoms with van der Waals surface area (Å²) in [7, 11) is 0. The van der Waals surface area contributed by atoms with Crippen molar-refractivity contribution in [2.45, 2.75) is 39.3 Å². The van der Waals surface area contributed by atoms with Crippen molar-refractivity contribution in [1.29, 1.82) is 0 Å². The maximum absolute atomic E-state index is 11.8. The van der Waals surface area contributed by atoms with Gasteiger partial charge in [0.05, 0.1) is 5.41 Å². The third kappa shape index (κ3) is 3.36. The minimum Gasteiger partial charge on any atom is -0.446 e. The fourth-order valence-electron chi connectivity index (χ4n) is 2.04. The van der Waals surface area contributed by atoms with E-state index in [0.717, 1.165) is 0 Å². The van der Waals surface area contributed by atoms with E-state index in [9.17, 15) is 14.4 Å². The number of esters is 1. The molecule has 7 heteroatoms. The molecular formula is C13H19N3O4. The van der Waals surface area contributed by atoms with Crippen LogP contribution in [0.5, 0.6) is 0 Å². The van der Waals surface area contributed by atoms with Gasteiger partial charge in [-0.15, -0.1) is 0 Å². The minimum absolute atomic E-state index is 0.0530. The molecule has 0 amide bonds. The Bertz CT molecular complexity index is 583. The summed E-state index contributed by atoms with van der Waals surface area (Å²) in [4.78, 5) is 39.0. The van der Waals surface area contributed by atoms with Gasteiger partial charge in [0, 0.05) is 30.6 Å². The summed E-state index contributed by atoms with van der Waals surface area (Å²) in [5, 5.41) is 3.07. The molecule has 1 aromatic heterocycles. The average molecular weight is 281 g/mol. The van der Waals surface area contributed by atoms with Crippen molar-refractivity contribution in [2.24, 2.45) is 5.41 Å². The normalized spacial score (nSPS) is 22.8. The van der Waals surface area contributed by atoms with Gasteiger partial charge in [-0.05, 0) is 20.8 Å². The molecule has 0 aromatic carbocycles. The number of nitrogens with one attached hydrogen (secondary N) is 3. The van der Waals surface area contributed by atoms with Crippen molar-refractivity contribution >= 4 is 5.97 Å². The van der Waals surface area contributed by atoms with E-state index >= 15 is 0 Å². The number of rotatable bonds is 2. The van der Waals surface area contributed by atoms with Crippen LogP contribution in [0.3, 0.4) is 0 Å². The number of ether oxygens (including phenoxy) is 1. The van der Waals surface area contributed by atoms with Crippen LogP contribution < -0.4 is 16.6 Å². The van der Waals surface area contributed by atoms with Crippen LogP contribution >= 0.6 is 0 Å². The van der Waals surface area contributed by atoms with Crippen molar-refractivity contribution in [3.63, 3.8) is 0 Å². The number of hydrogen-bond acceptors (Lipinski definition) is 5. The second-order valence-corrected chi connectivity index (χ2v) is 6.03. The molecule has 0 saturated carbocycles. The Labute approximate surface area is 115 Å². The molecule has 0 spiro atoms. The van der Waals surface area contributed by atoms with E-state index in [1.165, 1.54) is 6.07 Å². The van der Waals surface area contributed by atoms with Gasteiger partial charge in [0.15, 0.2) is 6.23 Å². The Hall–Kier alpha value is -1.89. The van der Waals surface area contributed by atoms with Gasteiger partial charge in [0.25, 0.3) is 5.56 Å². The number of carbonyl (C=O) groups is 1. The van der Waals surface area contributed by atoms with Crippen molar-refractivity contribution in [3.8, 4) is 0 Å². The summed E-state index contributed by atoms with van der Waals surface area (Å²) in [6.45, 7) is 5.91. The highest BCUT2D eigenvalue weighted by Gasteiger charge is 2.32. The Morgan fingerprint density at radius 3 is 2.60 bits per heavy atom. The van der Waals surface area contributed by atoms with E-state index < -0.39 is 22.9 Å². The summed E-state index contributed by atoms with van der Waals surface area (Å²) >= 11 is 0. The molecule has 2 rings (SSSR count). The molecule has 2 heterocycles. The highest BCUT2D eigenvalue weighted by atomic mass is 16.6. The summed E-state index contributed by atoms with van der Waals surface area (Å²) in [5.41, 5.74) is -0.958. The molecule has 2 atom stereocenters. The minimum atomic E-state index is -0.558. The van der Waals surface area contributed by atoms with Crippen LogP contribution in [0.1, 0.15) is 38.8 Å². The SMILES string of the molecule is CC(C)(C)C(=O)OC1CC(c2cc(=O)[nH]c(=O)[nH]2)CN1. The zero-order valence-corrected chi connectivity index (χ0v) is 11.8. The number of hydrogen-bond donors (Lipinski definition) is 3. The van der Waals surface area contributed by atoms with Crippen molar-refractivity contribution < 1.29 is 9.53 Å². The molecule has 1 aliphatic rings. The Kier molecular flexibility index (Phi) is 3.80. The standard InChI is InChI=1S/C13H19N3O4/c1-13(2,3)11(18)20-10-4-7(6-14-10)8-5-9(17)16-12(19)15-8/h5,7,10,14H,4,6H2,1-3H3,(H2,15,16,17,19). The van der Waals surface area contributed by atoms with Gasteiger partial charge in [-0.1, -0.05) is 0 Å². The average Bonchev–Trinajstić information content (AvgIpc) is 2.75. The molecule has 0 radical (unpaired) electrons. The maximum atomic E-state index is 11.8. The van der Waals surface area contributed by atoms with Crippen LogP contribution in [-0.4, -0.2) is 28.7 Å². The van der Waals surface area contributed by atoms with Crippen molar-refractivity contribution in [1.82, 2.24) is 15.3 Å². The molecular weight excluding hydrogens is 262 g/mol. The van der Waals surface area contributed by atoms with Gasteiger partial charge < -0.3 is 9.72 Å². The Morgan fingerprint density at radius 2 is 2.00 bits per heavy atom. The molecule has 1 saturated heterocycles. The monoisotopic (exact) mass is 281 g/mol. The number of H-pyrrole nitrogens is 2. The maximum Gasteiger partial charge on any atom is 0.325 e. The van der Waals surface area contributed by atoms with E-state index in [2.05, 4.69) is 15.3 Å². The molecule has 7 nitrogen and oxygen atoms in total. The van der Waals surface area contributed by atoms with Crippen LogP contribution in [0.15, 0.2) is 15.7 Å². The lowest BCUT2D eigenvalue weighted by atomic mass is 9.97. The summed E-state index contributed by atoms with van der Waals surface area (Å²) < 4.78 is 5.36. The lowest BCUT2D eigenvalue weighted by Gasteiger charge is -2.20. The number of aromatic amines is 2. The van der Waals surface area contributed by atoms with Gasteiger partial charge in [-0.3, -0.25) is 19.9 Å². The Balaban J connectivity index is 2.04. The van der Waals surface area contributed by atoms with E-state index in [4.69, 9.17) is 4.74 Å². The van der Waals surface area contributed by atoms with Crippen LogP contribution in [0.4, 0.5) is 0 Å².